The molecule has 20 heavy (non-hydrogen) atoms. The van der Waals surface area contributed by atoms with Crippen LogP contribution in [0, 0.1) is 5.92 Å². The fourth-order valence-corrected chi connectivity index (χ4v) is 2.23. The molecule has 0 heterocycles. The average Bonchev–Trinajstić information content (AvgIpc) is 2.46. The van der Waals surface area contributed by atoms with Gasteiger partial charge in [0.25, 0.3) is 0 Å². The summed E-state index contributed by atoms with van der Waals surface area (Å²) in [6.45, 7) is 0.500. The highest BCUT2D eigenvalue weighted by molar-refractivity contribution is 5.64. The van der Waals surface area contributed by atoms with Crippen molar-refractivity contribution in [3.05, 3.63) is 60.2 Å². The summed E-state index contributed by atoms with van der Waals surface area (Å²) in [5, 5.41) is 3.94. The number of benzene rings is 2. The van der Waals surface area contributed by atoms with E-state index >= 15 is 0 Å². The molecule has 0 aliphatic heterocycles. The predicted molar refractivity (Wildman–Crippen MR) is 81.4 cm³/mol. The zero-order valence-corrected chi connectivity index (χ0v) is 11.5. The van der Waals surface area contributed by atoms with E-state index in [-0.39, 0.29) is 0 Å². The summed E-state index contributed by atoms with van der Waals surface area (Å²) in [6.07, 6.45) is 6.75. The maximum atomic E-state index is 5.33. The van der Waals surface area contributed by atoms with Crippen LogP contribution in [0.2, 0.25) is 0 Å². The van der Waals surface area contributed by atoms with Gasteiger partial charge < -0.3 is 4.84 Å². The van der Waals surface area contributed by atoms with E-state index in [1.807, 2.05) is 6.07 Å². The van der Waals surface area contributed by atoms with Gasteiger partial charge in [0.05, 0.1) is 0 Å². The second-order valence-electron chi connectivity index (χ2n) is 5.19. The minimum atomic E-state index is 0.500. The Labute approximate surface area is 120 Å². The summed E-state index contributed by atoms with van der Waals surface area (Å²) >= 11 is 0. The van der Waals surface area contributed by atoms with E-state index in [2.05, 4.69) is 59.9 Å². The average molecular weight is 264 g/mol. The highest BCUT2D eigenvalue weighted by Gasteiger charge is 2.15. The standard InChI is InChI=1S/C18H18NO/c1-2-9-17(10-3-1)18-11-5-8-16(12-18)14-20-19-13-15-6-4-7-15/h1-3,5,8-12,15H,4,6-7,14H2. The third kappa shape index (κ3) is 3.27. The molecule has 0 N–H and O–H groups in total. The van der Waals surface area contributed by atoms with Gasteiger partial charge in [0, 0.05) is 5.92 Å². The molecule has 0 amide bonds. The molecule has 1 aliphatic carbocycles. The molecular formula is C18H18NO. The van der Waals surface area contributed by atoms with Gasteiger partial charge in [-0.05, 0) is 35.6 Å². The minimum absolute atomic E-state index is 0.500. The van der Waals surface area contributed by atoms with E-state index in [4.69, 9.17) is 4.84 Å². The van der Waals surface area contributed by atoms with Crippen LogP contribution in [-0.2, 0) is 11.4 Å². The van der Waals surface area contributed by atoms with Gasteiger partial charge in [0.2, 0.25) is 0 Å². The van der Waals surface area contributed by atoms with Crippen molar-refractivity contribution in [2.45, 2.75) is 25.9 Å². The largest absolute Gasteiger partial charge is 0.391 e. The monoisotopic (exact) mass is 264 g/mol. The Bertz CT molecular complexity index is 573. The van der Waals surface area contributed by atoms with Gasteiger partial charge in [-0.15, -0.1) is 0 Å². The minimum Gasteiger partial charge on any atom is -0.391 e. The zero-order valence-electron chi connectivity index (χ0n) is 11.5. The van der Waals surface area contributed by atoms with Crippen LogP contribution in [0.5, 0.6) is 0 Å². The van der Waals surface area contributed by atoms with Crippen molar-refractivity contribution < 1.29 is 4.84 Å². The molecule has 2 aromatic carbocycles. The van der Waals surface area contributed by atoms with Gasteiger partial charge in [0.1, 0.15) is 12.8 Å². The van der Waals surface area contributed by atoms with E-state index < -0.39 is 0 Å². The Morgan fingerprint density at radius 2 is 1.80 bits per heavy atom. The first-order valence-electron chi connectivity index (χ1n) is 7.14. The van der Waals surface area contributed by atoms with Crippen LogP contribution in [-0.4, -0.2) is 6.21 Å². The molecule has 0 saturated heterocycles. The Kier molecular flexibility index (Phi) is 4.12. The molecule has 101 valence electrons. The zero-order chi connectivity index (χ0) is 13.6. The van der Waals surface area contributed by atoms with Crippen LogP contribution in [0.15, 0.2) is 59.8 Å². The highest BCUT2D eigenvalue weighted by atomic mass is 16.6. The highest BCUT2D eigenvalue weighted by Crippen LogP contribution is 2.24. The molecule has 2 nitrogen and oxygen atoms in total. The van der Waals surface area contributed by atoms with Gasteiger partial charge in [-0.3, -0.25) is 0 Å². The van der Waals surface area contributed by atoms with E-state index in [0.717, 1.165) is 5.56 Å². The molecule has 1 saturated carbocycles. The fourth-order valence-electron chi connectivity index (χ4n) is 2.23. The van der Waals surface area contributed by atoms with Crippen molar-refractivity contribution in [3.8, 4) is 11.1 Å². The lowest BCUT2D eigenvalue weighted by Gasteiger charge is -2.18. The SMILES string of the molecule is [C](=N/OCc1cccc(-c2ccccc2)c1)/C1CCC1. The number of rotatable bonds is 5. The lowest BCUT2D eigenvalue weighted by molar-refractivity contribution is 0.129. The molecule has 0 spiro atoms. The second-order valence-corrected chi connectivity index (χ2v) is 5.19. The maximum absolute atomic E-state index is 5.33. The van der Waals surface area contributed by atoms with Crippen molar-refractivity contribution in [3.63, 3.8) is 0 Å². The van der Waals surface area contributed by atoms with Gasteiger partial charge >= 0.3 is 0 Å². The normalized spacial score (nSPS) is 15.2. The summed E-state index contributed by atoms with van der Waals surface area (Å²) in [5.41, 5.74) is 3.56. The molecule has 0 bridgehead atoms. The van der Waals surface area contributed by atoms with Gasteiger partial charge in [-0.2, -0.15) is 0 Å². The quantitative estimate of drug-likeness (QED) is 0.574. The number of nitrogens with zero attached hydrogens (tertiary/aromatic N) is 1. The molecule has 1 radical (unpaired) electrons. The summed E-state index contributed by atoms with van der Waals surface area (Å²) in [6, 6.07) is 18.7. The van der Waals surface area contributed by atoms with E-state index in [1.165, 1.54) is 30.4 Å². The number of hydrogen-bond acceptors (Lipinski definition) is 2. The first kappa shape index (κ1) is 12.9. The molecule has 0 unspecified atom stereocenters. The Morgan fingerprint density at radius 1 is 1.00 bits per heavy atom. The summed E-state index contributed by atoms with van der Waals surface area (Å²) in [4.78, 5) is 5.33. The molecule has 2 heteroatoms. The Balaban J connectivity index is 1.61. The van der Waals surface area contributed by atoms with Crippen LogP contribution in [0.1, 0.15) is 24.8 Å². The summed E-state index contributed by atoms with van der Waals surface area (Å²) in [7, 11) is 0. The van der Waals surface area contributed by atoms with Gasteiger partial charge in [0.15, 0.2) is 0 Å². The predicted octanol–water partition coefficient (Wildman–Crippen LogP) is 4.53. The smallest absolute Gasteiger partial charge is 0.142 e. The van der Waals surface area contributed by atoms with Crippen LogP contribution < -0.4 is 0 Å². The molecular weight excluding hydrogens is 246 g/mol. The van der Waals surface area contributed by atoms with Crippen LogP contribution in [0.25, 0.3) is 11.1 Å². The van der Waals surface area contributed by atoms with E-state index in [9.17, 15) is 0 Å². The van der Waals surface area contributed by atoms with Crippen LogP contribution >= 0.6 is 0 Å². The third-order valence-corrected chi connectivity index (χ3v) is 3.67. The van der Waals surface area contributed by atoms with Crippen molar-refractivity contribution in [2.24, 2.45) is 11.1 Å². The van der Waals surface area contributed by atoms with Crippen LogP contribution in [0.3, 0.4) is 0 Å². The maximum Gasteiger partial charge on any atom is 0.142 e. The van der Waals surface area contributed by atoms with Gasteiger partial charge in [-0.1, -0.05) is 60.1 Å². The van der Waals surface area contributed by atoms with Crippen molar-refractivity contribution >= 4 is 6.21 Å². The molecule has 0 aromatic heterocycles. The lowest BCUT2D eigenvalue weighted by atomic mass is 9.87. The number of hydrogen-bond donors (Lipinski definition) is 0. The molecule has 1 aliphatic rings. The lowest BCUT2D eigenvalue weighted by Crippen LogP contribution is -2.11. The van der Waals surface area contributed by atoms with Crippen molar-refractivity contribution in [1.82, 2.24) is 0 Å². The Morgan fingerprint density at radius 3 is 2.55 bits per heavy atom. The first-order valence-corrected chi connectivity index (χ1v) is 7.14. The van der Waals surface area contributed by atoms with Crippen molar-refractivity contribution in [2.75, 3.05) is 0 Å². The molecule has 1 fully saturated rings. The molecule has 0 atom stereocenters. The fraction of sp³-hybridized carbons (Fsp3) is 0.278. The summed E-state index contributed by atoms with van der Waals surface area (Å²) < 4.78 is 0. The van der Waals surface area contributed by atoms with E-state index in [0.29, 0.717) is 12.5 Å². The summed E-state index contributed by atoms with van der Waals surface area (Å²) in [5.74, 6) is 0.519. The van der Waals surface area contributed by atoms with Crippen LogP contribution in [0.4, 0.5) is 0 Å². The Hall–Kier alpha value is -2.09. The topological polar surface area (TPSA) is 21.6 Å². The first-order chi connectivity index (χ1) is 9.92. The van der Waals surface area contributed by atoms with E-state index in [1.54, 1.807) is 0 Å². The van der Waals surface area contributed by atoms with Crippen molar-refractivity contribution in [1.29, 1.82) is 0 Å². The molecule has 2 aromatic rings. The molecule has 3 rings (SSSR count). The van der Waals surface area contributed by atoms with Gasteiger partial charge in [-0.25, -0.2) is 0 Å². The third-order valence-electron chi connectivity index (χ3n) is 3.67. The second kappa shape index (κ2) is 6.38.